The van der Waals surface area contributed by atoms with Crippen molar-refractivity contribution in [3.63, 3.8) is 0 Å². The molecule has 1 aromatic heterocycles. The number of halogens is 3. The molecule has 0 bridgehead atoms. The van der Waals surface area contributed by atoms with Gasteiger partial charge in [-0.3, -0.25) is 9.36 Å². The molecule has 0 N–H and O–H groups in total. The van der Waals surface area contributed by atoms with Crippen molar-refractivity contribution in [3.05, 3.63) is 61.2 Å². The van der Waals surface area contributed by atoms with Crippen LogP contribution in [0, 0.1) is 0 Å². The second kappa shape index (κ2) is 5.40. The van der Waals surface area contributed by atoms with Gasteiger partial charge in [0.05, 0.1) is 6.54 Å². The van der Waals surface area contributed by atoms with Gasteiger partial charge in [0.15, 0.2) is 0 Å². The highest BCUT2D eigenvalue weighted by Crippen LogP contribution is 2.39. The maximum Gasteiger partial charge on any atom is 0.255 e. The average molecular weight is 330 g/mol. The molecule has 0 unspecified atom stereocenters. The molecular formula is C14H11Cl3N2O. The predicted molar refractivity (Wildman–Crippen MR) is 81.0 cm³/mol. The molecule has 0 saturated heterocycles. The van der Waals surface area contributed by atoms with Crippen LogP contribution < -0.4 is 5.56 Å². The lowest BCUT2D eigenvalue weighted by Gasteiger charge is -2.13. The van der Waals surface area contributed by atoms with Gasteiger partial charge in [0.1, 0.15) is 11.0 Å². The molecule has 0 spiro atoms. The number of hydrogen-bond acceptors (Lipinski definition) is 2. The Balaban J connectivity index is 2.09. The maximum atomic E-state index is 12.2. The third-order valence-electron chi connectivity index (χ3n) is 3.33. The van der Waals surface area contributed by atoms with E-state index in [2.05, 4.69) is 4.98 Å². The lowest BCUT2D eigenvalue weighted by atomic mass is 10.2. The Hall–Kier alpha value is -1.03. The van der Waals surface area contributed by atoms with Gasteiger partial charge in [0.2, 0.25) is 0 Å². The summed E-state index contributed by atoms with van der Waals surface area (Å²) in [7, 11) is 0. The molecule has 1 fully saturated rings. The summed E-state index contributed by atoms with van der Waals surface area (Å²) in [5.41, 5.74) is 0.548. The van der Waals surface area contributed by atoms with Crippen molar-refractivity contribution >= 4 is 34.8 Å². The Kier molecular flexibility index (Phi) is 3.76. The summed E-state index contributed by atoms with van der Waals surface area (Å²) < 4.78 is 1.61. The quantitative estimate of drug-likeness (QED) is 0.794. The molecule has 1 aliphatic rings. The van der Waals surface area contributed by atoms with Crippen LogP contribution in [0.25, 0.3) is 0 Å². The van der Waals surface area contributed by atoms with Gasteiger partial charge in [-0.2, -0.15) is 0 Å². The molecule has 3 rings (SSSR count). The zero-order chi connectivity index (χ0) is 14.3. The largest absolute Gasteiger partial charge is 0.292 e. The standard InChI is InChI=1S/C14H11Cl3N2O/c15-10-2-1-3-11(16)9(10)7-19-13(20)6-12(17)18-14(19)8-4-5-8/h1-3,6,8H,4-5,7H2. The van der Waals surface area contributed by atoms with Crippen LogP contribution in [-0.2, 0) is 6.54 Å². The number of hydrogen-bond donors (Lipinski definition) is 0. The second-order valence-corrected chi connectivity index (χ2v) is 6.04. The monoisotopic (exact) mass is 328 g/mol. The van der Waals surface area contributed by atoms with Crippen molar-refractivity contribution in [3.8, 4) is 0 Å². The normalized spacial score (nSPS) is 14.6. The van der Waals surface area contributed by atoms with Crippen LogP contribution in [0.2, 0.25) is 15.2 Å². The summed E-state index contributed by atoms with van der Waals surface area (Å²) in [5, 5.41) is 1.32. The van der Waals surface area contributed by atoms with E-state index in [1.165, 1.54) is 6.07 Å². The molecule has 0 aliphatic heterocycles. The summed E-state index contributed by atoms with van der Waals surface area (Å²) >= 11 is 18.2. The maximum absolute atomic E-state index is 12.2. The smallest absolute Gasteiger partial charge is 0.255 e. The highest BCUT2D eigenvalue weighted by molar-refractivity contribution is 6.36. The molecular weight excluding hydrogens is 319 g/mol. The van der Waals surface area contributed by atoms with Crippen LogP contribution in [-0.4, -0.2) is 9.55 Å². The number of rotatable bonds is 3. The molecule has 2 aromatic rings. The molecule has 3 nitrogen and oxygen atoms in total. The summed E-state index contributed by atoms with van der Waals surface area (Å²) in [6, 6.07) is 6.61. The molecule has 1 heterocycles. The minimum absolute atomic E-state index is 0.178. The highest BCUT2D eigenvalue weighted by Gasteiger charge is 2.29. The molecule has 104 valence electrons. The fourth-order valence-electron chi connectivity index (χ4n) is 2.15. The van der Waals surface area contributed by atoms with Gasteiger partial charge >= 0.3 is 0 Å². The Morgan fingerprint density at radius 2 is 1.85 bits per heavy atom. The molecule has 0 amide bonds. The van der Waals surface area contributed by atoms with Gasteiger partial charge in [0.25, 0.3) is 5.56 Å². The Labute approximate surface area is 131 Å². The van der Waals surface area contributed by atoms with Crippen LogP contribution in [0.15, 0.2) is 29.1 Å². The van der Waals surface area contributed by atoms with E-state index in [4.69, 9.17) is 34.8 Å². The molecule has 0 radical (unpaired) electrons. The molecule has 1 saturated carbocycles. The fraction of sp³-hybridized carbons (Fsp3) is 0.286. The van der Waals surface area contributed by atoms with E-state index in [-0.39, 0.29) is 10.7 Å². The van der Waals surface area contributed by atoms with E-state index in [9.17, 15) is 4.79 Å². The summed E-state index contributed by atoms with van der Waals surface area (Å²) in [4.78, 5) is 16.5. The van der Waals surface area contributed by atoms with Gasteiger partial charge in [-0.1, -0.05) is 40.9 Å². The van der Waals surface area contributed by atoms with Crippen molar-refractivity contribution in [2.45, 2.75) is 25.3 Å². The van der Waals surface area contributed by atoms with Crippen LogP contribution in [0.5, 0.6) is 0 Å². The minimum Gasteiger partial charge on any atom is -0.292 e. The first-order chi connectivity index (χ1) is 9.56. The van der Waals surface area contributed by atoms with E-state index in [1.807, 2.05) is 0 Å². The van der Waals surface area contributed by atoms with Crippen LogP contribution in [0.3, 0.4) is 0 Å². The first-order valence-corrected chi connectivity index (χ1v) is 7.40. The summed E-state index contributed by atoms with van der Waals surface area (Å²) in [5.74, 6) is 1.03. The molecule has 20 heavy (non-hydrogen) atoms. The number of benzene rings is 1. The topological polar surface area (TPSA) is 34.9 Å². The summed E-state index contributed by atoms with van der Waals surface area (Å²) in [6.45, 7) is 0.313. The Bertz CT molecular complexity index is 703. The average Bonchev–Trinajstić information content (AvgIpc) is 3.19. The first-order valence-electron chi connectivity index (χ1n) is 6.26. The zero-order valence-electron chi connectivity index (χ0n) is 10.4. The number of aromatic nitrogens is 2. The fourth-order valence-corrected chi connectivity index (χ4v) is 2.85. The second-order valence-electron chi connectivity index (χ2n) is 4.84. The molecule has 0 atom stereocenters. The van der Waals surface area contributed by atoms with Crippen molar-refractivity contribution < 1.29 is 0 Å². The molecule has 1 aromatic carbocycles. The minimum atomic E-state index is -0.178. The summed E-state index contributed by atoms with van der Waals surface area (Å²) in [6.07, 6.45) is 2.06. The van der Waals surface area contributed by atoms with Crippen molar-refractivity contribution in [1.82, 2.24) is 9.55 Å². The van der Waals surface area contributed by atoms with Crippen molar-refractivity contribution in [2.75, 3.05) is 0 Å². The van der Waals surface area contributed by atoms with E-state index in [1.54, 1.807) is 22.8 Å². The van der Waals surface area contributed by atoms with Gasteiger partial charge in [-0.25, -0.2) is 4.98 Å². The highest BCUT2D eigenvalue weighted by atomic mass is 35.5. The third kappa shape index (κ3) is 2.71. The SMILES string of the molecule is O=c1cc(Cl)nc(C2CC2)n1Cc1c(Cl)cccc1Cl. The van der Waals surface area contributed by atoms with Gasteiger partial charge in [-0.15, -0.1) is 0 Å². The van der Waals surface area contributed by atoms with E-state index in [0.29, 0.717) is 22.5 Å². The number of nitrogens with zero attached hydrogens (tertiary/aromatic N) is 2. The predicted octanol–water partition coefficient (Wildman–Crippen LogP) is 4.13. The molecule has 6 heteroatoms. The van der Waals surface area contributed by atoms with Gasteiger partial charge < -0.3 is 0 Å². The van der Waals surface area contributed by atoms with Gasteiger partial charge in [0, 0.05) is 27.6 Å². The van der Waals surface area contributed by atoms with Crippen molar-refractivity contribution in [1.29, 1.82) is 0 Å². The van der Waals surface area contributed by atoms with E-state index in [0.717, 1.165) is 24.2 Å². The van der Waals surface area contributed by atoms with Crippen LogP contribution in [0.1, 0.15) is 30.1 Å². The molecule has 1 aliphatic carbocycles. The van der Waals surface area contributed by atoms with Crippen molar-refractivity contribution in [2.24, 2.45) is 0 Å². The van der Waals surface area contributed by atoms with E-state index >= 15 is 0 Å². The zero-order valence-corrected chi connectivity index (χ0v) is 12.7. The lowest BCUT2D eigenvalue weighted by molar-refractivity contribution is 0.670. The Morgan fingerprint density at radius 1 is 1.20 bits per heavy atom. The third-order valence-corrected chi connectivity index (χ3v) is 4.23. The van der Waals surface area contributed by atoms with Crippen LogP contribution in [0.4, 0.5) is 0 Å². The van der Waals surface area contributed by atoms with Crippen LogP contribution >= 0.6 is 34.8 Å². The van der Waals surface area contributed by atoms with E-state index < -0.39 is 0 Å². The van der Waals surface area contributed by atoms with Gasteiger partial charge in [-0.05, 0) is 25.0 Å². The Morgan fingerprint density at radius 3 is 2.45 bits per heavy atom. The lowest BCUT2D eigenvalue weighted by Crippen LogP contribution is -2.25. The first kappa shape index (κ1) is 13.9.